The molecule has 0 aromatic heterocycles. The third kappa shape index (κ3) is 3.81. The van der Waals surface area contributed by atoms with Gasteiger partial charge in [0.15, 0.2) is 9.84 Å². The Hall–Kier alpha value is -1.09. The van der Waals surface area contributed by atoms with Crippen molar-refractivity contribution in [2.24, 2.45) is 0 Å². The standard InChI is InChI=1S/C13H18O2S/c1-3-4-5-6-11-16(14,15)13-9-7-12(2)8-10-13/h4-5,7-10H,3,6,11H2,1-2H3. The number of benzene rings is 1. The van der Waals surface area contributed by atoms with E-state index < -0.39 is 9.84 Å². The summed E-state index contributed by atoms with van der Waals surface area (Å²) in [6, 6.07) is 7.01. The van der Waals surface area contributed by atoms with Crippen molar-refractivity contribution in [2.75, 3.05) is 5.75 Å². The van der Waals surface area contributed by atoms with E-state index in [4.69, 9.17) is 0 Å². The van der Waals surface area contributed by atoms with E-state index in [1.807, 2.05) is 38.1 Å². The molecule has 0 radical (unpaired) electrons. The van der Waals surface area contributed by atoms with Crippen molar-refractivity contribution in [1.82, 2.24) is 0 Å². The van der Waals surface area contributed by atoms with E-state index in [2.05, 4.69) is 0 Å². The topological polar surface area (TPSA) is 34.1 Å². The van der Waals surface area contributed by atoms with Gasteiger partial charge in [0, 0.05) is 0 Å². The second-order valence-corrected chi connectivity index (χ2v) is 5.91. The van der Waals surface area contributed by atoms with Crippen LogP contribution in [0.5, 0.6) is 0 Å². The Morgan fingerprint density at radius 1 is 1.12 bits per heavy atom. The van der Waals surface area contributed by atoms with Crippen LogP contribution in [0, 0.1) is 6.92 Å². The Labute approximate surface area is 97.9 Å². The van der Waals surface area contributed by atoms with Gasteiger partial charge in [0.1, 0.15) is 0 Å². The summed E-state index contributed by atoms with van der Waals surface area (Å²) in [7, 11) is -3.11. The van der Waals surface area contributed by atoms with Crippen LogP contribution in [0.2, 0.25) is 0 Å². The van der Waals surface area contributed by atoms with Crippen LogP contribution in [-0.4, -0.2) is 14.2 Å². The van der Waals surface area contributed by atoms with Gasteiger partial charge in [0.05, 0.1) is 10.6 Å². The van der Waals surface area contributed by atoms with Crippen LogP contribution in [0.4, 0.5) is 0 Å². The molecule has 0 aliphatic rings. The first-order valence-corrected chi connectivity index (χ1v) is 7.16. The number of allylic oxidation sites excluding steroid dienone is 2. The third-order valence-corrected chi connectivity index (χ3v) is 4.10. The molecule has 0 saturated carbocycles. The highest BCUT2D eigenvalue weighted by molar-refractivity contribution is 7.91. The number of hydrogen-bond donors (Lipinski definition) is 0. The lowest BCUT2D eigenvalue weighted by Crippen LogP contribution is -2.05. The van der Waals surface area contributed by atoms with E-state index in [9.17, 15) is 8.42 Å². The fourth-order valence-corrected chi connectivity index (χ4v) is 2.60. The van der Waals surface area contributed by atoms with Crippen molar-refractivity contribution in [2.45, 2.75) is 31.6 Å². The molecule has 0 bridgehead atoms. The molecule has 0 saturated heterocycles. The summed E-state index contributed by atoms with van der Waals surface area (Å²) in [4.78, 5) is 0.419. The van der Waals surface area contributed by atoms with Gasteiger partial charge in [-0.05, 0) is 31.9 Å². The van der Waals surface area contributed by atoms with Gasteiger partial charge in [-0.25, -0.2) is 8.42 Å². The van der Waals surface area contributed by atoms with Crippen molar-refractivity contribution in [1.29, 1.82) is 0 Å². The van der Waals surface area contributed by atoms with Gasteiger partial charge in [-0.1, -0.05) is 36.8 Å². The molecule has 1 rings (SSSR count). The van der Waals surface area contributed by atoms with E-state index in [1.165, 1.54) is 0 Å². The highest BCUT2D eigenvalue weighted by Gasteiger charge is 2.12. The van der Waals surface area contributed by atoms with Crippen LogP contribution in [0.25, 0.3) is 0 Å². The predicted octanol–water partition coefficient (Wildman–Crippen LogP) is 3.13. The molecule has 0 unspecified atom stereocenters. The maximum absolute atomic E-state index is 11.9. The molecule has 3 heteroatoms. The molecule has 0 fully saturated rings. The summed E-state index contributed by atoms with van der Waals surface area (Å²) in [6.45, 7) is 3.98. The first-order chi connectivity index (χ1) is 7.56. The van der Waals surface area contributed by atoms with Gasteiger partial charge in [-0.2, -0.15) is 0 Å². The van der Waals surface area contributed by atoms with Crippen molar-refractivity contribution in [3.63, 3.8) is 0 Å². The van der Waals surface area contributed by atoms with Gasteiger partial charge in [-0.3, -0.25) is 0 Å². The Balaban J connectivity index is 2.71. The van der Waals surface area contributed by atoms with Gasteiger partial charge in [-0.15, -0.1) is 0 Å². The number of sulfone groups is 1. The highest BCUT2D eigenvalue weighted by Crippen LogP contribution is 2.13. The van der Waals surface area contributed by atoms with Gasteiger partial charge >= 0.3 is 0 Å². The van der Waals surface area contributed by atoms with E-state index in [0.717, 1.165) is 12.0 Å². The average molecular weight is 238 g/mol. The summed E-state index contributed by atoms with van der Waals surface area (Å²) in [5.74, 6) is 0.187. The molecule has 0 N–H and O–H groups in total. The molecular formula is C13H18O2S. The zero-order valence-electron chi connectivity index (χ0n) is 9.81. The van der Waals surface area contributed by atoms with Crippen LogP contribution in [0.3, 0.4) is 0 Å². The van der Waals surface area contributed by atoms with Crippen molar-refractivity contribution >= 4 is 9.84 Å². The van der Waals surface area contributed by atoms with Crippen LogP contribution < -0.4 is 0 Å². The van der Waals surface area contributed by atoms with Crippen molar-refractivity contribution in [3.05, 3.63) is 42.0 Å². The second kappa shape index (κ2) is 5.85. The second-order valence-electron chi connectivity index (χ2n) is 3.80. The maximum Gasteiger partial charge on any atom is 0.178 e. The van der Waals surface area contributed by atoms with Gasteiger partial charge < -0.3 is 0 Å². The van der Waals surface area contributed by atoms with Crippen LogP contribution >= 0.6 is 0 Å². The summed E-state index contributed by atoms with van der Waals surface area (Å²) >= 11 is 0. The lowest BCUT2D eigenvalue weighted by atomic mass is 10.2. The first kappa shape index (κ1) is 13.0. The number of aryl methyl sites for hydroxylation is 1. The molecule has 1 aromatic rings. The van der Waals surface area contributed by atoms with E-state index >= 15 is 0 Å². The minimum Gasteiger partial charge on any atom is -0.224 e. The Bertz CT molecular complexity index is 441. The molecule has 1 aromatic carbocycles. The lowest BCUT2D eigenvalue weighted by Gasteiger charge is -2.02. The van der Waals surface area contributed by atoms with E-state index in [1.54, 1.807) is 12.1 Å². The van der Waals surface area contributed by atoms with Crippen molar-refractivity contribution in [3.8, 4) is 0 Å². The van der Waals surface area contributed by atoms with Crippen molar-refractivity contribution < 1.29 is 8.42 Å². The molecule has 16 heavy (non-hydrogen) atoms. The SMILES string of the molecule is CCC=CCCS(=O)(=O)c1ccc(C)cc1. The summed E-state index contributed by atoms with van der Waals surface area (Å²) in [5.41, 5.74) is 1.07. The predicted molar refractivity (Wildman–Crippen MR) is 67.3 cm³/mol. The molecule has 0 amide bonds. The molecule has 0 atom stereocenters. The average Bonchev–Trinajstić information content (AvgIpc) is 2.25. The minimum absolute atomic E-state index is 0.187. The summed E-state index contributed by atoms with van der Waals surface area (Å²) < 4.78 is 23.7. The molecule has 0 spiro atoms. The fraction of sp³-hybridized carbons (Fsp3) is 0.385. The normalized spacial score (nSPS) is 12.1. The number of hydrogen-bond acceptors (Lipinski definition) is 2. The molecule has 0 aliphatic heterocycles. The zero-order valence-corrected chi connectivity index (χ0v) is 10.6. The summed E-state index contributed by atoms with van der Waals surface area (Å²) in [5, 5.41) is 0. The third-order valence-electron chi connectivity index (χ3n) is 2.34. The first-order valence-electron chi connectivity index (χ1n) is 5.50. The molecule has 2 nitrogen and oxygen atoms in total. The van der Waals surface area contributed by atoms with E-state index in [-0.39, 0.29) is 5.75 Å². The molecular weight excluding hydrogens is 220 g/mol. The van der Waals surface area contributed by atoms with Crippen LogP contribution in [0.1, 0.15) is 25.3 Å². The Kier molecular flexibility index (Phi) is 4.74. The Morgan fingerprint density at radius 2 is 1.75 bits per heavy atom. The molecule has 88 valence electrons. The number of rotatable bonds is 5. The van der Waals surface area contributed by atoms with Crippen LogP contribution in [-0.2, 0) is 9.84 Å². The zero-order chi connectivity index (χ0) is 12.0. The fourth-order valence-electron chi connectivity index (χ4n) is 1.37. The van der Waals surface area contributed by atoms with Crippen LogP contribution in [0.15, 0.2) is 41.3 Å². The minimum atomic E-state index is -3.11. The molecule has 0 heterocycles. The smallest absolute Gasteiger partial charge is 0.178 e. The van der Waals surface area contributed by atoms with Gasteiger partial charge in [0.2, 0.25) is 0 Å². The Morgan fingerprint density at radius 3 is 2.31 bits per heavy atom. The highest BCUT2D eigenvalue weighted by atomic mass is 32.2. The quantitative estimate of drug-likeness (QED) is 0.739. The summed E-state index contributed by atoms with van der Waals surface area (Å²) in [6.07, 6.45) is 5.45. The van der Waals surface area contributed by atoms with Gasteiger partial charge in [0.25, 0.3) is 0 Å². The van der Waals surface area contributed by atoms with E-state index in [0.29, 0.717) is 11.3 Å². The largest absolute Gasteiger partial charge is 0.224 e. The maximum atomic E-state index is 11.9. The lowest BCUT2D eigenvalue weighted by molar-refractivity contribution is 0.595. The molecule has 0 aliphatic carbocycles. The monoisotopic (exact) mass is 238 g/mol.